The van der Waals surface area contributed by atoms with Gasteiger partial charge in [-0.3, -0.25) is 0 Å². The smallest absolute Gasteiger partial charge is 0.173 e. The van der Waals surface area contributed by atoms with Crippen molar-refractivity contribution >= 4 is 45.4 Å². The molecule has 2 aromatic carbocycles. The Morgan fingerprint density at radius 1 is 1.16 bits per heavy atom. The largest absolute Gasteiger partial charge is 0.494 e. The van der Waals surface area contributed by atoms with Crippen LogP contribution in [-0.2, 0) is 0 Å². The lowest BCUT2D eigenvalue weighted by molar-refractivity contribution is 0.340. The Hall–Kier alpha value is -3.13. The Bertz CT molecular complexity index is 1090. The number of nitrogens with two attached hydrogens (primary N) is 1. The molecule has 0 radical (unpaired) electrons. The van der Waals surface area contributed by atoms with Crippen LogP contribution in [0.15, 0.2) is 48.5 Å². The maximum Gasteiger partial charge on any atom is 0.173 e. The second-order valence-corrected chi connectivity index (χ2v) is 7.81. The first-order valence-corrected chi connectivity index (χ1v) is 10.8. The summed E-state index contributed by atoms with van der Waals surface area (Å²) in [6.07, 6.45) is 0.890. The molecular weight excluding hydrogens is 413 g/mol. The number of benzene rings is 2. The Morgan fingerprint density at radius 3 is 2.81 bits per heavy atom. The molecule has 0 aliphatic carbocycles. The van der Waals surface area contributed by atoms with E-state index < -0.39 is 0 Å². The fourth-order valence-electron chi connectivity index (χ4n) is 3.76. The van der Waals surface area contributed by atoms with Gasteiger partial charge in [-0.15, -0.1) is 0 Å². The number of aromatic nitrogens is 1. The van der Waals surface area contributed by atoms with E-state index in [1.807, 2.05) is 31.2 Å². The quantitative estimate of drug-likeness (QED) is 0.589. The van der Waals surface area contributed by atoms with Gasteiger partial charge >= 0.3 is 0 Å². The van der Waals surface area contributed by atoms with Crippen molar-refractivity contribution in [2.45, 2.75) is 13.3 Å². The summed E-state index contributed by atoms with van der Waals surface area (Å²) in [6.45, 7) is 5.59. The molecule has 8 heteroatoms. The highest BCUT2D eigenvalue weighted by Gasteiger charge is 2.20. The molecule has 1 saturated heterocycles. The monoisotopic (exact) mass is 439 g/mol. The molecule has 3 N–H and O–H groups in total. The first kappa shape index (κ1) is 21.1. The normalized spacial score (nSPS) is 14.4. The van der Waals surface area contributed by atoms with Crippen LogP contribution in [0.2, 0.25) is 0 Å². The SMILES string of the molecule is CCOc1ccc2nc(N3CCCN(C(=S)Nc4ccccc4F)CC3)c(N)cc2c1. The highest BCUT2D eigenvalue weighted by Crippen LogP contribution is 2.29. The summed E-state index contributed by atoms with van der Waals surface area (Å²) in [7, 11) is 0. The number of pyridine rings is 1. The third-order valence-electron chi connectivity index (χ3n) is 5.30. The predicted octanol–water partition coefficient (Wildman–Crippen LogP) is 4.26. The number of para-hydroxylation sites is 1. The van der Waals surface area contributed by atoms with Crippen molar-refractivity contribution in [3.05, 3.63) is 54.3 Å². The van der Waals surface area contributed by atoms with E-state index in [1.165, 1.54) is 6.07 Å². The number of nitrogens with zero attached hydrogens (tertiary/aromatic N) is 3. The summed E-state index contributed by atoms with van der Waals surface area (Å²) in [5.74, 6) is 1.28. The van der Waals surface area contributed by atoms with E-state index in [0.29, 0.717) is 29.6 Å². The molecule has 1 aliphatic heterocycles. The summed E-state index contributed by atoms with van der Waals surface area (Å²) in [5.41, 5.74) is 8.28. The second kappa shape index (κ2) is 9.34. The highest BCUT2D eigenvalue weighted by atomic mass is 32.1. The Labute approximate surface area is 186 Å². The minimum atomic E-state index is -0.318. The summed E-state index contributed by atoms with van der Waals surface area (Å²) >= 11 is 5.53. The van der Waals surface area contributed by atoms with Crippen molar-refractivity contribution in [1.29, 1.82) is 0 Å². The fourth-order valence-corrected chi connectivity index (χ4v) is 4.05. The molecule has 0 amide bonds. The van der Waals surface area contributed by atoms with Gasteiger partial charge in [-0.25, -0.2) is 9.37 Å². The zero-order chi connectivity index (χ0) is 21.8. The fraction of sp³-hybridized carbons (Fsp3) is 0.304. The first-order chi connectivity index (χ1) is 15.0. The van der Waals surface area contributed by atoms with Crippen molar-refractivity contribution < 1.29 is 9.13 Å². The summed E-state index contributed by atoms with van der Waals surface area (Å²) in [6, 6.07) is 14.3. The van der Waals surface area contributed by atoms with Gasteiger partial charge in [0.2, 0.25) is 0 Å². The van der Waals surface area contributed by atoms with Crippen LogP contribution < -0.4 is 20.7 Å². The van der Waals surface area contributed by atoms with Crippen molar-refractivity contribution in [3.63, 3.8) is 0 Å². The van der Waals surface area contributed by atoms with Crippen LogP contribution in [-0.4, -0.2) is 47.8 Å². The van der Waals surface area contributed by atoms with Gasteiger partial charge in [-0.2, -0.15) is 0 Å². The van der Waals surface area contributed by atoms with Crippen molar-refractivity contribution in [3.8, 4) is 5.75 Å². The van der Waals surface area contributed by atoms with Crippen molar-refractivity contribution in [2.75, 3.05) is 48.7 Å². The van der Waals surface area contributed by atoms with Gasteiger partial charge < -0.3 is 25.6 Å². The van der Waals surface area contributed by atoms with Crippen molar-refractivity contribution in [1.82, 2.24) is 9.88 Å². The number of thiocarbonyl (C=S) groups is 1. The maximum absolute atomic E-state index is 13.9. The van der Waals surface area contributed by atoms with Gasteiger partial charge in [-0.1, -0.05) is 12.1 Å². The number of halogens is 1. The second-order valence-electron chi connectivity index (χ2n) is 7.43. The van der Waals surface area contributed by atoms with Gasteiger partial charge in [0.25, 0.3) is 0 Å². The number of rotatable bonds is 4. The van der Waals surface area contributed by atoms with Crippen molar-refractivity contribution in [2.24, 2.45) is 0 Å². The molecule has 2 heterocycles. The molecule has 3 aromatic rings. The number of fused-ring (bicyclic) bond motifs is 1. The number of hydrogen-bond donors (Lipinski definition) is 2. The van der Waals surface area contributed by atoms with Crippen LogP contribution >= 0.6 is 12.2 Å². The molecule has 31 heavy (non-hydrogen) atoms. The number of nitrogens with one attached hydrogen (secondary N) is 1. The molecule has 0 unspecified atom stereocenters. The van der Waals surface area contributed by atoms with E-state index in [0.717, 1.165) is 48.5 Å². The lowest BCUT2D eigenvalue weighted by atomic mass is 10.2. The van der Waals surface area contributed by atoms with E-state index in [4.69, 9.17) is 27.7 Å². The van der Waals surface area contributed by atoms with Gasteiger partial charge in [0, 0.05) is 31.6 Å². The average Bonchev–Trinajstić information content (AvgIpc) is 3.01. The summed E-state index contributed by atoms with van der Waals surface area (Å²) < 4.78 is 19.5. The molecule has 1 fully saturated rings. The minimum Gasteiger partial charge on any atom is -0.494 e. The summed E-state index contributed by atoms with van der Waals surface area (Å²) in [4.78, 5) is 9.07. The first-order valence-electron chi connectivity index (χ1n) is 10.4. The van der Waals surface area contributed by atoms with Gasteiger partial charge in [0.05, 0.1) is 23.5 Å². The molecule has 0 bridgehead atoms. The molecule has 1 aliphatic rings. The number of anilines is 3. The van der Waals surface area contributed by atoms with Gasteiger partial charge in [0.1, 0.15) is 11.6 Å². The molecular formula is C23H26FN5OS. The summed E-state index contributed by atoms with van der Waals surface area (Å²) in [5, 5.41) is 4.51. The molecule has 0 saturated carbocycles. The van der Waals surface area contributed by atoms with E-state index in [9.17, 15) is 4.39 Å². The average molecular weight is 440 g/mol. The van der Waals surface area contributed by atoms with E-state index in [1.54, 1.807) is 18.2 Å². The van der Waals surface area contributed by atoms with Crippen LogP contribution in [0.4, 0.5) is 21.6 Å². The topological polar surface area (TPSA) is 66.7 Å². The predicted molar refractivity (Wildman–Crippen MR) is 128 cm³/mol. The highest BCUT2D eigenvalue weighted by molar-refractivity contribution is 7.80. The van der Waals surface area contributed by atoms with Crippen LogP contribution in [0.5, 0.6) is 5.75 Å². The third-order valence-corrected chi connectivity index (χ3v) is 5.66. The molecule has 1 aromatic heterocycles. The van der Waals surface area contributed by atoms with E-state index >= 15 is 0 Å². The van der Waals surface area contributed by atoms with E-state index in [2.05, 4.69) is 15.1 Å². The lowest BCUT2D eigenvalue weighted by Gasteiger charge is -2.26. The molecule has 162 valence electrons. The zero-order valence-electron chi connectivity index (χ0n) is 17.5. The number of nitrogen functional groups attached to an aromatic ring is 1. The molecule has 0 atom stereocenters. The standard InChI is InChI=1S/C23H26FN5OS/c1-2-30-17-8-9-20-16(14-17)15-19(25)22(26-20)28-10-5-11-29(13-12-28)23(31)27-21-7-4-3-6-18(21)24/h3-4,6-9,14-15H,2,5,10-13,25H2,1H3,(H,27,31). The Balaban J connectivity index is 1.47. The molecule has 6 nitrogen and oxygen atoms in total. The molecule has 0 spiro atoms. The number of ether oxygens (including phenoxy) is 1. The lowest BCUT2D eigenvalue weighted by Crippen LogP contribution is -2.38. The zero-order valence-corrected chi connectivity index (χ0v) is 18.3. The molecule has 4 rings (SSSR count). The minimum absolute atomic E-state index is 0.318. The third kappa shape index (κ3) is 4.80. The van der Waals surface area contributed by atoms with Crippen LogP contribution in [0, 0.1) is 5.82 Å². The van der Waals surface area contributed by atoms with Gasteiger partial charge in [0.15, 0.2) is 10.9 Å². The van der Waals surface area contributed by atoms with Crippen LogP contribution in [0.3, 0.4) is 0 Å². The van der Waals surface area contributed by atoms with Crippen LogP contribution in [0.25, 0.3) is 10.9 Å². The maximum atomic E-state index is 13.9. The Morgan fingerprint density at radius 2 is 2.00 bits per heavy atom. The van der Waals surface area contributed by atoms with E-state index in [-0.39, 0.29) is 5.82 Å². The van der Waals surface area contributed by atoms with Crippen LogP contribution in [0.1, 0.15) is 13.3 Å². The van der Waals surface area contributed by atoms with Gasteiger partial charge in [-0.05, 0) is 62.0 Å². The number of hydrogen-bond acceptors (Lipinski definition) is 5. The Kier molecular flexibility index (Phi) is 6.36.